The normalized spacial score (nSPS) is 46.1. The SMILES string of the molecule is CC[C@H]1OC(=O)[C@H](C)[C@@H](O[C@H]2C[C@@](C)(OC)[C@@H](O)[C@H](C)O2)[C@H](C)[C@H]2O[C@@H]3O[C@H](C)C[C@H](N(C)CCC#N)[C@H]3OC(=O)C[C@H](C[C@@]2(C)OC)C(=O)N[C@H](C)[C@@H](O)[C@]1(C)O. The van der Waals surface area contributed by atoms with Crippen LogP contribution in [0.1, 0.15) is 101 Å². The van der Waals surface area contributed by atoms with Crippen molar-refractivity contribution in [1.29, 1.82) is 5.26 Å². The molecule has 0 aromatic carbocycles. The van der Waals surface area contributed by atoms with Gasteiger partial charge in [0.25, 0.3) is 0 Å². The first-order chi connectivity index (χ1) is 27.1. The van der Waals surface area contributed by atoms with Crippen LogP contribution in [0.25, 0.3) is 0 Å². The Morgan fingerprint density at radius 1 is 0.948 bits per heavy atom. The van der Waals surface area contributed by atoms with Crippen LogP contribution in [0.3, 0.4) is 0 Å². The number of carbonyl (C=O) groups is 3. The van der Waals surface area contributed by atoms with Crippen molar-refractivity contribution in [3.05, 3.63) is 0 Å². The van der Waals surface area contributed by atoms with E-state index in [1.54, 1.807) is 34.6 Å². The largest absolute Gasteiger partial charge is 0.459 e. The van der Waals surface area contributed by atoms with Crippen molar-refractivity contribution in [1.82, 2.24) is 10.2 Å². The van der Waals surface area contributed by atoms with Crippen LogP contribution in [-0.4, -0.2) is 156 Å². The second kappa shape index (κ2) is 19.5. The highest BCUT2D eigenvalue weighted by Gasteiger charge is 2.55. The quantitative estimate of drug-likeness (QED) is 0.257. The highest BCUT2D eigenvalue weighted by molar-refractivity contribution is 5.84. The number of nitriles is 1. The third kappa shape index (κ3) is 10.3. The van der Waals surface area contributed by atoms with Crippen molar-refractivity contribution >= 4 is 17.8 Å². The van der Waals surface area contributed by atoms with E-state index in [0.29, 0.717) is 13.0 Å². The molecule has 4 saturated heterocycles. The molecule has 18 atom stereocenters. The molecule has 0 saturated carbocycles. The summed E-state index contributed by atoms with van der Waals surface area (Å²) in [5, 5.41) is 46.4. The number of hydrogen-bond donors (Lipinski definition) is 4. The Kier molecular flexibility index (Phi) is 16.2. The van der Waals surface area contributed by atoms with E-state index < -0.39 is 120 Å². The number of methoxy groups -OCH3 is 2. The minimum Gasteiger partial charge on any atom is -0.459 e. The van der Waals surface area contributed by atoms with Gasteiger partial charge < -0.3 is 58.5 Å². The van der Waals surface area contributed by atoms with Crippen LogP contribution in [-0.2, 0) is 52.3 Å². The fourth-order valence-electron chi connectivity index (χ4n) is 9.27. The number of fused-ring (bicyclic) bond motifs is 4. The first kappa shape index (κ1) is 48.2. The second-order valence-corrected chi connectivity index (χ2v) is 17.6. The van der Waals surface area contributed by atoms with Crippen LogP contribution in [0.4, 0.5) is 0 Å². The van der Waals surface area contributed by atoms with Gasteiger partial charge in [0.2, 0.25) is 5.91 Å². The molecule has 0 aromatic heterocycles. The van der Waals surface area contributed by atoms with Gasteiger partial charge in [0.05, 0.1) is 72.0 Å². The Labute approximate surface area is 343 Å². The van der Waals surface area contributed by atoms with Crippen LogP contribution in [0.5, 0.6) is 0 Å². The van der Waals surface area contributed by atoms with E-state index in [1.165, 1.54) is 28.1 Å². The lowest BCUT2D eigenvalue weighted by molar-refractivity contribution is -0.321. The highest BCUT2D eigenvalue weighted by atomic mass is 16.7. The molecular weight excluding hydrogens is 758 g/mol. The molecule has 0 aliphatic carbocycles. The third-order valence-electron chi connectivity index (χ3n) is 13.1. The lowest BCUT2D eigenvalue weighted by atomic mass is 9.76. The molecule has 17 nitrogen and oxygen atoms in total. The molecule has 2 bridgehead atoms. The summed E-state index contributed by atoms with van der Waals surface area (Å²) in [4.78, 5) is 44.5. The van der Waals surface area contributed by atoms with Gasteiger partial charge in [-0.1, -0.05) is 13.8 Å². The predicted molar refractivity (Wildman–Crippen MR) is 206 cm³/mol. The molecule has 4 heterocycles. The first-order valence-corrected chi connectivity index (χ1v) is 20.6. The van der Waals surface area contributed by atoms with Crippen LogP contribution < -0.4 is 5.32 Å². The average molecular weight is 828 g/mol. The molecule has 1 amide bonds. The van der Waals surface area contributed by atoms with E-state index in [9.17, 15) is 35.0 Å². The molecule has 0 radical (unpaired) electrons. The molecule has 0 unspecified atom stereocenters. The lowest BCUT2D eigenvalue weighted by Crippen LogP contribution is -2.62. The third-order valence-corrected chi connectivity index (χ3v) is 13.1. The van der Waals surface area contributed by atoms with E-state index >= 15 is 0 Å². The van der Waals surface area contributed by atoms with Crippen LogP contribution >= 0.6 is 0 Å². The molecule has 4 aliphatic heterocycles. The monoisotopic (exact) mass is 827 g/mol. The zero-order chi connectivity index (χ0) is 43.5. The summed E-state index contributed by atoms with van der Waals surface area (Å²) in [6.45, 7) is 15.4. The van der Waals surface area contributed by atoms with E-state index in [-0.39, 0.29) is 38.2 Å². The standard InChI is InChI=1S/C41H69N3O14/c1-13-28-41(9,50)33(46)24(5)43-36(48)26-18-29(45)56-32-27(44(10)16-14-15-42)17-21(2)53-38(32)58-35(40(8,19-26)52-12)22(3)31(23(4)37(49)55-28)57-30-20-39(7,51-11)34(47)25(6)54-30/h21-28,30-35,38,46-47,50H,13-14,16-20H2,1-12H3,(H,43,48)/t21-,22+,23-,24-,25+,26-,27+,28-,30+,31+,32-,33-,34+,35-,38+,39-,40-,41-/m1/s1. The Morgan fingerprint density at radius 2 is 1.60 bits per heavy atom. The number of cyclic esters (lactones) is 1. The van der Waals surface area contributed by atoms with Gasteiger partial charge in [-0.15, -0.1) is 0 Å². The summed E-state index contributed by atoms with van der Waals surface area (Å²) in [6.07, 6.45) is -9.79. The fourth-order valence-corrected chi connectivity index (χ4v) is 9.27. The number of amides is 1. The van der Waals surface area contributed by atoms with E-state index in [1.807, 2.05) is 25.8 Å². The van der Waals surface area contributed by atoms with Gasteiger partial charge >= 0.3 is 11.9 Å². The maximum atomic E-state index is 14.4. The number of esters is 2. The van der Waals surface area contributed by atoms with Gasteiger partial charge in [0, 0.05) is 39.5 Å². The maximum Gasteiger partial charge on any atom is 0.311 e. The number of rotatable bonds is 8. The molecule has 0 spiro atoms. The zero-order valence-corrected chi connectivity index (χ0v) is 36.3. The number of aliphatic hydroxyl groups excluding tert-OH is 2. The van der Waals surface area contributed by atoms with Crippen LogP contribution in [0, 0.1) is 29.1 Å². The van der Waals surface area contributed by atoms with Crippen molar-refractivity contribution in [2.24, 2.45) is 17.8 Å². The highest BCUT2D eigenvalue weighted by Crippen LogP contribution is 2.42. The number of carbonyl (C=O) groups excluding carboxylic acids is 3. The number of ether oxygens (including phenoxy) is 8. The summed E-state index contributed by atoms with van der Waals surface area (Å²) < 4.78 is 50.7. The van der Waals surface area contributed by atoms with Gasteiger partial charge in [0.1, 0.15) is 23.9 Å². The molecular formula is C41H69N3O14. The minimum absolute atomic E-state index is 0.0870. The maximum absolute atomic E-state index is 14.4. The molecule has 58 heavy (non-hydrogen) atoms. The second-order valence-electron chi connectivity index (χ2n) is 17.6. The number of likely N-dealkylation sites (N-methyl/N-ethyl adjacent to an activating group) is 1. The van der Waals surface area contributed by atoms with E-state index in [4.69, 9.17) is 37.9 Å². The van der Waals surface area contributed by atoms with E-state index in [0.717, 1.165) is 0 Å². The van der Waals surface area contributed by atoms with Gasteiger partial charge in [0.15, 0.2) is 18.7 Å². The van der Waals surface area contributed by atoms with Crippen molar-refractivity contribution < 1.29 is 67.6 Å². The Hall–Kier alpha value is -2.50. The molecule has 17 heteroatoms. The number of nitrogens with one attached hydrogen (secondary N) is 1. The molecule has 0 aromatic rings. The summed E-state index contributed by atoms with van der Waals surface area (Å²) in [5.74, 6) is -4.99. The summed E-state index contributed by atoms with van der Waals surface area (Å²) in [6, 6.07) is 0.651. The molecule has 4 aliphatic rings. The van der Waals surface area contributed by atoms with Gasteiger partial charge in [-0.2, -0.15) is 5.26 Å². The van der Waals surface area contributed by atoms with Crippen molar-refractivity contribution in [2.75, 3.05) is 27.8 Å². The van der Waals surface area contributed by atoms with E-state index in [2.05, 4.69) is 11.4 Å². The topological polar surface area (TPSA) is 225 Å². The number of aliphatic hydroxyl groups is 3. The van der Waals surface area contributed by atoms with Crippen molar-refractivity contribution in [3.63, 3.8) is 0 Å². The molecule has 332 valence electrons. The summed E-state index contributed by atoms with van der Waals surface area (Å²) >= 11 is 0. The van der Waals surface area contributed by atoms with Gasteiger partial charge in [-0.05, 0) is 74.8 Å². The predicted octanol–water partition coefficient (Wildman–Crippen LogP) is 1.96. The average Bonchev–Trinajstić information content (AvgIpc) is 3.17. The number of nitrogens with zero attached hydrogens (tertiary/aromatic N) is 2. The first-order valence-electron chi connectivity index (χ1n) is 20.6. The Morgan fingerprint density at radius 3 is 2.21 bits per heavy atom. The van der Waals surface area contributed by atoms with Crippen molar-refractivity contribution in [3.8, 4) is 6.07 Å². The number of hydrogen-bond acceptors (Lipinski definition) is 16. The van der Waals surface area contributed by atoms with Gasteiger partial charge in [-0.3, -0.25) is 19.3 Å². The lowest BCUT2D eigenvalue weighted by Gasteiger charge is -2.50. The van der Waals surface area contributed by atoms with Crippen LogP contribution in [0.15, 0.2) is 0 Å². The van der Waals surface area contributed by atoms with Gasteiger partial charge in [-0.25, -0.2) is 0 Å². The molecule has 4 N–H and O–H groups in total. The minimum atomic E-state index is -2.03. The summed E-state index contributed by atoms with van der Waals surface area (Å²) in [7, 11) is 4.79. The molecule has 4 fully saturated rings. The fraction of sp³-hybridized carbons (Fsp3) is 0.902. The van der Waals surface area contributed by atoms with Crippen molar-refractivity contribution in [2.45, 2.75) is 191 Å². The summed E-state index contributed by atoms with van der Waals surface area (Å²) in [5.41, 5.74) is -4.48. The zero-order valence-electron chi connectivity index (χ0n) is 36.3. The smallest absolute Gasteiger partial charge is 0.311 e. The molecule has 4 rings (SSSR count). The van der Waals surface area contributed by atoms with Crippen LogP contribution in [0.2, 0.25) is 0 Å². The Bertz CT molecular complexity index is 1460. The Balaban J connectivity index is 1.94.